The second-order valence-electron chi connectivity index (χ2n) is 9.03. The lowest BCUT2D eigenvalue weighted by Crippen LogP contribution is -2.31. The van der Waals surface area contributed by atoms with E-state index in [1.165, 1.54) is 18.0 Å². The summed E-state index contributed by atoms with van der Waals surface area (Å²) in [5, 5.41) is 19.7. The molecule has 8 nitrogen and oxygen atoms in total. The first-order valence-corrected chi connectivity index (χ1v) is 13.5. The van der Waals surface area contributed by atoms with Crippen LogP contribution in [0.2, 0.25) is 0 Å². The zero-order chi connectivity index (χ0) is 27.9. The normalized spacial score (nSPS) is 14.9. The Morgan fingerprint density at radius 1 is 1.10 bits per heavy atom. The van der Waals surface area contributed by atoms with E-state index in [-0.39, 0.29) is 17.6 Å². The molecule has 0 saturated carbocycles. The number of dihydropyridines is 1. The van der Waals surface area contributed by atoms with Gasteiger partial charge in [-0.15, -0.1) is 0 Å². The number of amides is 2. The average Bonchev–Trinajstić information content (AvgIpc) is 3.45. The highest BCUT2D eigenvalue weighted by Gasteiger charge is 2.36. The third-order valence-corrected chi connectivity index (χ3v) is 7.17. The molecule has 200 valence electrons. The molecule has 9 heteroatoms. The predicted octanol–water partition coefficient (Wildman–Crippen LogP) is 6.00. The minimum Gasteiger partial charge on any atom is -0.494 e. The van der Waals surface area contributed by atoms with Gasteiger partial charge in [0.15, 0.2) is 0 Å². The fourth-order valence-electron chi connectivity index (χ4n) is 4.26. The lowest BCUT2D eigenvalue weighted by atomic mass is 9.85. The summed E-state index contributed by atoms with van der Waals surface area (Å²) in [5.41, 5.74) is 4.58. The molecular weight excluding hydrogens is 512 g/mol. The fraction of sp³-hybridized carbons (Fsp3) is 0.233. The molecule has 0 bridgehead atoms. The molecule has 4 rings (SSSR count). The van der Waals surface area contributed by atoms with Gasteiger partial charge in [0.05, 0.1) is 46.8 Å². The summed E-state index contributed by atoms with van der Waals surface area (Å²) in [5.74, 6) is -0.0601. The van der Waals surface area contributed by atoms with Gasteiger partial charge in [0, 0.05) is 17.1 Å². The summed E-state index contributed by atoms with van der Waals surface area (Å²) in [6, 6.07) is 18.6. The Morgan fingerprint density at radius 2 is 1.87 bits per heavy atom. The summed E-state index contributed by atoms with van der Waals surface area (Å²) in [4.78, 5) is 26.3. The molecular formula is C30H30N4O4S. The predicted molar refractivity (Wildman–Crippen MR) is 153 cm³/mol. The van der Waals surface area contributed by atoms with E-state index >= 15 is 0 Å². The number of anilines is 2. The zero-order valence-electron chi connectivity index (χ0n) is 22.3. The molecule has 0 spiro atoms. The summed E-state index contributed by atoms with van der Waals surface area (Å²) in [6.45, 7) is 8.12. The molecule has 1 aromatic heterocycles. The molecule has 1 aliphatic heterocycles. The summed E-state index contributed by atoms with van der Waals surface area (Å²) in [6.07, 6.45) is 1.51. The molecule has 0 saturated heterocycles. The van der Waals surface area contributed by atoms with Crippen molar-refractivity contribution >= 4 is 35.0 Å². The van der Waals surface area contributed by atoms with Crippen LogP contribution < -0.4 is 20.7 Å². The monoisotopic (exact) mass is 542 g/mol. The van der Waals surface area contributed by atoms with E-state index in [0.717, 1.165) is 16.8 Å². The van der Waals surface area contributed by atoms with Gasteiger partial charge in [-0.1, -0.05) is 23.9 Å². The summed E-state index contributed by atoms with van der Waals surface area (Å²) >= 11 is 1.21. The molecule has 0 fully saturated rings. The quantitative estimate of drug-likeness (QED) is 0.304. The Hall–Kier alpha value is -4.42. The highest BCUT2D eigenvalue weighted by molar-refractivity contribution is 8.03. The smallest absolute Gasteiger partial charge is 0.254 e. The Kier molecular flexibility index (Phi) is 8.79. The van der Waals surface area contributed by atoms with Crippen LogP contribution in [0.3, 0.4) is 0 Å². The number of ether oxygens (including phenoxy) is 1. The van der Waals surface area contributed by atoms with Crippen molar-refractivity contribution in [3.63, 3.8) is 0 Å². The fourth-order valence-corrected chi connectivity index (χ4v) is 5.15. The number of benzene rings is 2. The van der Waals surface area contributed by atoms with Crippen LogP contribution in [0.5, 0.6) is 5.75 Å². The molecule has 2 amide bonds. The standard InChI is InChI=1S/C30H30N4O4S/c1-5-37-22-12-10-21(11-13-22)33-29(36)27-20(4)32-30(23(16-31)28(27)25-7-6-14-38-25)39-17-26(35)34-24-15-18(2)8-9-19(24)3/h6-15,28,32H,5,17H2,1-4H3,(H,33,36)(H,34,35)/t28-/m0/s1. The summed E-state index contributed by atoms with van der Waals surface area (Å²) in [7, 11) is 0. The number of hydrogen-bond acceptors (Lipinski definition) is 7. The van der Waals surface area contributed by atoms with E-state index in [2.05, 4.69) is 22.0 Å². The van der Waals surface area contributed by atoms with Crippen LogP contribution in [0, 0.1) is 25.2 Å². The molecule has 1 aliphatic rings. The highest BCUT2D eigenvalue weighted by Crippen LogP contribution is 2.41. The molecule has 0 aliphatic carbocycles. The topological polar surface area (TPSA) is 116 Å². The largest absolute Gasteiger partial charge is 0.494 e. The first kappa shape index (κ1) is 27.6. The number of carbonyl (C=O) groups is 2. The number of hydrogen-bond donors (Lipinski definition) is 3. The van der Waals surface area contributed by atoms with Crippen LogP contribution in [0.15, 0.2) is 87.1 Å². The maximum absolute atomic E-state index is 13.5. The second-order valence-corrected chi connectivity index (χ2v) is 10.0. The van der Waals surface area contributed by atoms with Gasteiger partial charge in [0.1, 0.15) is 11.5 Å². The SMILES string of the molecule is CCOc1ccc(NC(=O)C2=C(C)NC(SCC(=O)Nc3cc(C)ccc3C)=C(C#N)[C@H]2c2ccco2)cc1. The number of rotatable bonds is 9. The van der Waals surface area contributed by atoms with Gasteiger partial charge in [-0.2, -0.15) is 5.26 Å². The van der Waals surface area contributed by atoms with Crippen LogP contribution in [0.25, 0.3) is 0 Å². The van der Waals surface area contributed by atoms with Crippen LogP contribution in [0.4, 0.5) is 11.4 Å². The van der Waals surface area contributed by atoms with E-state index < -0.39 is 5.92 Å². The number of nitriles is 1. The first-order valence-electron chi connectivity index (χ1n) is 12.5. The number of carbonyl (C=O) groups excluding carboxylic acids is 2. The van der Waals surface area contributed by atoms with E-state index in [9.17, 15) is 14.9 Å². The van der Waals surface area contributed by atoms with Gasteiger partial charge < -0.3 is 25.1 Å². The van der Waals surface area contributed by atoms with Crippen molar-refractivity contribution in [2.75, 3.05) is 23.0 Å². The van der Waals surface area contributed by atoms with E-state index in [4.69, 9.17) is 9.15 Å². The Balaban J connectivity index is 1.56. The van der Waals surface area contributed by atoms with Gasteiger partial charge in [0.25, 0.3) is 5.91 Å². The lowest BCUT2D eigenvalue weighted by molar-refractivity contribution is -0.114. The summed E-state index contributed by atoms with van der Waals surface area (Å²) < 4.78 is 11.1. The van der Waals surface area contributed by atoms with Gasteiger partial charge in [0.2, 0.25) is 5.91 Å². The van der Waals surface area contributed by atoms with Crippen LogP contribution in [0.1, 0.15) is 36.7 Å². The Morgan fingerprint density at radius 3 is 2.54 bits per heavy atom. The maximum Gasteiger partial charge on any atom is 0.254 e. The van der Waals surface area contributed by atoms with Crippen molar-refractivity contribution in [3.8, 4) is 11.8 Å². The van der Waals surface area contributed by atoms with Crippen molar-refractivity contribution < 1.29 is 18.7 Å². The number of nitrogens with zero attached hydrogens (tertiary/aromatic N) is 1. The molecule has 3 N–H and O–H groups in total. The number of furan rings is 1. The average molecular weight is 543 g/mol. The van der Waals surface area contributed by atoms with E-state index in [0.29, 0.717) is 45.7 Å². The number of nitrogens with one attached hydrogen (secondary N) is 3. The minimum atomic E-state index is -0.737. The van der Waals surface area contributed by atoms with Crippen molar-refractivity contribution in [2.24, 2.45) is 0 Å². The van der Waals surface area contributed by atoms with Crippen LogP contribution in [-0.4, -0.2) is 24.2 Å². The molecule has 39 heavy (non-hydrogen) atoms. The van der Waals surface area contributed by atoms with Crippen LogP contribution in [-0.2, 0) is 9.59 Å². The van der Waals surface area contributed by atoms with Gasteiger partial charge in [-0.25, -0.2) is 0 Å². The molecule has 3 aromatic rings. The number of aryl methyl sites for hydroxylation is 2. The van der Waals surface area contributed by atoms with Crippen molar-refractivity contribution in [3.05, 3.63) is 99.6 Å². The second kappa shape index (κ2) is 12.4. The van der Waals surface area contributed by atoms with Crippen molar-refractivity contribution in [1.82, 2.24) is 5.32 Å². The Bertz CT molecular complexity index is 1470. The third-order valence-electron chi connectivity index (χ3n) is 6.16. The highest BCUT2D eigenvalue weighted by atomic mass is 32.2. The third kappa shape index (κ3) is 6.54. The number of allylic oxidation sites excluding steroid dienone is 2. The maximum atomic E-state index is 13.5. The van der Waals surface area contributed by atoms with Gasteiger partial charge in [-0.05, 0) is 81.3 Å². The zero-order valence-corrected chi connectivity index (χ0v) is 23.1. The molecule has 0 unspecified atom stereocenters. The van der Waals surface area contributed by atoms with Gasteiger partial charge >= 0.3 is 0 Å². The lowest BCUT2D eigenvalue weighted by Gasteiger charge is -2.28. The molecule has 0 radical (unpaired) electrons. The van der Waals surface area contributed by atoms with Crippen molar-refractivity contribution in [1.29, 1.82) is 5.26 Å². The molecule has 1 atom stereocenters. The van der Waals surface area contributed by atoms with E-state index in [1.807, 2.05) is 39.0 Å². The molecule has 2 heterocycles. The van der Waals surface area contributed by atoms with Crippen molar-refractivity contribution in [2.45, 2.75) is 33.6 Å². The van der Waals surface area contributed by atoms with Gasteiger partial charge in [-0.3, -0.25) is 9.59 Å². The first-order chi connectivity index (χ1) is 18.8. The number of thioether (sulfide) groups is 1. The van der Waals surface area contributed by atoms with Crippen LogP contribution >= 0.6 is 11.8 Å². The van der Waals surface area contributed by atoms with E-state index in [1.54, 1.807) is 43.3 Å². The Labute approximate surface area is 232 Å². The minimum absolute atomic E-state index is 0.0762. The molecule has 2 aromatic carbocycles.